The zero-order chi connectivity index (χ0) is 17.7. The lowest BCUT2D eigenvalue weighted by molar-refractivity contribution is 0.0938. The van der Waals surface area contributed by atoms with Crippen molar-refractivity contribution in [2.75, 3.05) is 27.7 Å². The van der Waals surface area contributed by atoms with Gasteiger partial charge in [0, 0.05) is 11.0 Å². The number of ether oxygens (including phenoxy) is 1. The second-order valence-corrected chi connectivity index (χ2v) is 6.50. The Hall–Kier alpha value is -1.92. The normalized spacial score (nSPS) is 12.1. The largest absolute Gasteiger partial charge is 0.497 e. The average molecular weight is 395 g/mol. The molecular weight excluding hydrogens is 375 g/mol. The number of amides is 1. The van der Waals surface area contributed by atoms with Gasteiger partial charge in [0.25, 0.3) is 5.91 Å². The van der Waals surface area contributed by atoms with E-state index in [1.165, 1.54) is 12.1 Å². The van der Waals surface area contributed by atoms with Gasteiger partial charge in [0.15, 0.2) is 0 Å². The molecule has 0 saturated heterocycles. The zero-order valence-corrected chi connectivity index (χ0v) is 15.4. The van der Waals surface area contributed by atoms with Crippen molar-refractivity contribution < 1.29 is 13.9 Å². The third-order valence-corrected chi connectivity index (χ3v) is 4.25. The molecule has 2 aromatic carbocycles. The topological polar surface area (TPSA) is 41.6 Å². The molecule has 2 rings (SSSR count). The maximum absolute atomic E-state index is 13.8. The first-order valence-electron chi connectivity index (χ1n) is 7.46. The van der Waals surface area contributed by atoms with Crippen molar-refractivity contribution >= 4 is 21.8 Å². The molecule has 0 saturated carbocycles. The van der Waals surface area contributed by atoms with Crippen molar-refractivity contribution in [1.82, 2.24) is 10.2 Å². The molecule has 0 aliphatic heterocycles. The van der Waals surface area contributed by atoms with Crippen LogP contribution in [0, 0.1) is 5.82 Å². The molecule has 0 aliphatic rings. The van der Waals surface area contributed by atoms with Gasteiger partial charge in [0.1, 0.15) is 11.6 Å². The Morgan fingerprint density at radius 1 is 1.25 bits per heavy atom. The van der Waals surface area contributed by atoms with Gasteiger partial charge in [-0.3, -0.25) is 4.79 Å². The van der Waals surface area contributed by atoms with Crippen LogP contribution in [0.5, 0.6) is 5.75 Å². The maximum Gasteiger partial charge on any atom is 0.254 e. The van der Waals surface area contributed by atoms with Gasteiger partial charge in [-0.25, -0.2) is 4.39 Å². The van der Waals surface area contributed by atoms with Gasteiger partial charge in [0.2, 0.25) is 0 Å². The standard InChI is InChI=1S/C18H20BrFN2O2/c1-22(2)17(12-4-7-14(24-3)8-5-12)11-21-18(23)15-10-13(19)6-9-16(15)20/h4-10,17H,11H2,1-3H3,(H,21,23)/t17-/m1/s1. The fourth-order valence-electron chi connectivity index (χ4n) is 2.38. The molecule has 0 bridgehead atoms. The fourth-order valence-corrected chi connectivity index (χ4v) is 2.74. The van der Waals surface area contributed by atoms with Crippen molar-refractivity contribution in [3.8, 4) is 5.75 Å². The zero-order valence-electron chi connectivity index (χ0n) is 13.8. The van der Waals surface area contributed by atoms with E-state index in [-0.39, 0.29) is 11.6 Å². The van der Waals surface area contributed by atoms with E-state index in [0.29, 0.717) is 11.0 Å². The van der Waals surface area contributed by atoms with Crippen molar-refractivity contribution in [1.29, 1.82) is 0 Å². The molecule has 0 unspecified atom stereocenters. The van der Waals surface area contributed by atoms with E-state index in [1.807, 2.05) is 43.3 Å². The molecular formula is C18H20BrFN2O2. The van der Waals surface area contributed by atoms with E-state index >= 15 is 0 Å². The monoisotopic (exact) mass is 394 g/mol. The minimum Gasteiger partial charge on any atom is -0.497 e. The van der Waals surface area contributed by atoms with Gasteiger partial charge in [-0.05, 0) is 50.0 Å². The highest BCUT2D eigenvalue weighted by molar-refractivity contribution is 9.10. The summed E-state index contributed by atoms with van der Waals surface area (Å²) in [6, 6.07) is 11.9. The molecule has 24 heavy (non-hydrogen) atoms. The van der Waals surface area contributed by atoms with Crippen LogP contribution in [0.3, 0.4) is 0 Å². The van der Waals surface area contributed by atoms with Crippen molar-refractivity contribution in [3.05, 3.63) is 63.9 Å². The number of nitrogens with one attached hydrogen (secondary N) is 1. The Balaban J connectivity index is 2.10. The van der Waals surface area contributed by atoms with E-state index in [0.717, 1.165) is 11.3 Å². The Labute approximate surface area is 149 Å². The third-order valence-electron chi connectivity index (χ3n) is 3.75. The highest BCUT2D eigenvalue weighted by atomic mass is 79.9. The number of nitrogens with zero attached hydrogens (tertiary/aromatic N) is 1. The number of carbonyl (C=O) groups excluding carboxylic acids is 1. The summed E-state index contributed by atoms with van der Waals surface area (Å²) in [5.41, 5.74) is 1.06. The number of carbonyl (C=O) groups is 1. The molecule has 6 heteroatoms. The Kier molecular flexibility index (Phi) is 6.34. The predicted octanol–water partition coefficient (Wildman–Crippen LogP) is 3.63. The van der Waals surface area contributed by atoms with Crippen LogP contribution < -0.4 is 10.1 Å². The van der Waals surface area contributed by atoms with Crippen molar-refractivity contribution in [2.45, 2.75) is 6.04 Å². The van der Waals surface area contributed by atoms with E-state index < -0.39 is 11.7 Å². The summed E-state index contributed by atoms with van der Waals surface area (Å²) in [5, 5.41) is 2.80. The van der Waals surface area contributed by atoms with Crippen LogP contribution in [0.4, 0.5) is 4.39 Å². The number of likely N-dealkylation sites (N-methyl/N-ethyl adjacent to an activating group) is 1. The molecule has 0 heterocycles. The Bertz CT molecular complexity index is 705. The summed E-state index contributed by atoms with van der Waals surface area (Å²) in [4.78, 5) is 14.3. The Morgan fingerprint density at radius 2 is 1.92 bits per heavy atom. The summed E-state index contributed by atoms with van der Waals surface area (Å²) >= 11 is 3.25. The first-order chi connectivity index (χ1) is 11.4. The Morgan fingerprint density at radius 3 is 2.50 bits per heavy atom. The smallest absolute Gasteiger partial charge is 0.254 e. The maximum atomic E-state index is 13.8. The summed E-state index contributed by atoms with van der Waals surface area (Å²) in [6.45, 7) is 0.365. The van der Waals surface area contributed by atoms with Gasteiger partial charge < -0.3 is 15.0 Å². The molecule has 1 atom stereocenters. The minimum absolute atomic E-state index is 0.0246. The van der Waals surface area contributed by atoms with E-state index in [4.69, 9.17) is 4.74 Å². The lowest BCUT2D eigenvalue weighted by Gasteiger charge is -2.25. The first-order valence-corrected chi connectivity index (χ1v) is 8.25. The SMILES string of the molecule is COc1ccc([C@@H](CNC(=O)c2cc(Br)ccc2F)N(C)C)cc1. The lowest BCUT2D eigenvalue weighted by atomic mass is 10.1. The second-order valence-electron chi connectivity index (χ2n) is 5.59. The van der Waals surface area contributed by atoms with Crippen LogP contribution >= 0.6 is 15.9 Å². The van der Waals surface area contributed by atoms with Gasteiger partial charge in [-0.1, -0.05) is 28.1 Å². The highest BCUT2D eigenvalue weighted by Crippen LogP contribution is 2.21. The fraction of sp³-hybridized carbons (Fsp3) is 0.278. The van der Waals surface area contributed by atoms with Crippen LogP contribution in [-0.4, -0.2) is 38.6 Å². The van der Waals surface area contributed by atoms with Crippen LogP contribution in [0.1, 0.15) is 22.0 Å². The minimum atomic E-state index is -0.540. The number of rotatable bonds is 6. The molecule has 4 nitrogen and oxygen atoms in total. The third kappa shape index (κ3) is 4.55. The molecule has 1 N–H and O–H groups in total. The molecule has 1 amide bonds. The molecule has 0 spiro atoms. The van der Waals surface area contributed by atoms with Gasteiger partial charge in [0.05, 0.1) is 18.7 Å². The van der Waals surface area contributed by atoms with Crippen LogP contribution in [-0.2, 0) is 0 Å². The van der Waals surface area contributed by atoms with Crippen LogP contribution in [0.2, 0.25) is 0 Å². The van der Waals surface area contributed by atoms with E-state index in [9.17, 15) is 9.18 Å². The van der Waals surface area contributed by atoms with E-state index in [2.05, 4.69) is 21.2 Å². The molecule has 0 fully saturated rings. The van der Waals surface area contributed by atoms with Gasteiger partial charge in [-0.2, -0.15) is 0 Å². The number of benzene rings is 2. The average Bonchev–Trinajstić information content (AvgIpc) is 2.57. The molecule has 2 aromatic rings. The molecule has 0 aromatic heterocycles. The summed E-state index contributed by atoms with van der Waals surface area (Å²) in [6.07, 6.45) is 0. The van der Waals surface area contributed by atoms with Crippen molar-refractivity contribution in [2.24, 2.45) is 0 Å². The number of halogens is 2. The molecule has 0 aliphatic carbocycles. The summed E-state index contributed by atoms with van der Waals surface area (Å²) in [7, 11) is 5.48. The molecule has 128 valence electrons. The van der Waals surface area contributed by atoms with Gasteiger partial charge in [-0.15, -0.1) is 0 Å². The number of hydrogen-bond acceptors (Lipinski definition) is 3. The van der Waals surface area contributed by atoms with E-state index in [1.54, 1.807) is 13.2 Å². The van der Waals surface area contributed by atoms with Gasteiger partial charge >= 0.3 is 0 Å². The highest BCUT2D eigenvalue weighted by Gasteiger charge is 2.18. The van der Waals surface area contributed by atoms with Crippen LogP contribution in [0.25, 0.3) is 0 Å². The predicted molar refractivity (Wildman–Crippen MR) is 95.9 cm³/mol. The quantitative estimate of drug-likeness (QED) is 0.813. The van der Waals surface area contributed by atoms with Crippen molar-refractivity contribution in [3.63, 3.8) is 0 Å². The van der Waals surface area contributed by atoms with Crippen LogP contribution in [0.15, 0.2) is 46.9 Å². The number of hydrogen-bond donors (Lipinski definition) is 1. The summed E-state index contributed by atoms with van der Waals surface area (Å²) in [5.74, 6) is -0.202. The number of methoxy groups -OCH3 is 1. The summed E-state index contributed by atoms with van der Waals surface area (Å²) < 4.78 is 19.6. The second kappa shape index (κ2) is 8.26. The lowest BCUT2D eigenvalue weighted by Crippen LogP contribution is -2.34. The first kappa shape index (κ1) is 18.4. The molecule has 0 radical (unpaired) electrons.